The lowest BCUT2D eigenvalue weighted by molar-refractivity contribution is -0.275. The highest BCUT2D eigenvalue weighted by Gasteiger charge is 2.32. The molecule has 7 aromatic rings. The second kappa shape index (κ2) is 19.8. The van der Waals surface area contributed by atoms with Crippen molar-refractivity contribution in [2.45, 2.75) is 40.4 Å². The molecule has 0 aliphatic carbocycles. The van der Waals surface area contributed by atoms with Gasteiger partial charge in [-0.2, -0.15) is 0 Å². The number of ether oxygens (including phenoxy) is 2. The van der Waals surface area contributed by atoms with Crippen molar-refractivity contribution in [3.63, 3.8) is 0 Å². The highest BCUT2D eigenvalue weighted by atomic mass is 79.9. The number of rotatable bonds is 7. The molecule has 0 saturated heterocycles. The number of imidazole rings is 2. The minimum absolute atomic E-state index is 0.272. The van der Waals surface area contributed by atoms with Crippen molar-refractivity contribution >= 4 is 60.7 Å². The summed E-state index contributed by atoms with van der Waals surface area (Å²) in [5.41, 5.74) is 14.3. The Balaban J connectivity index is 0.000000197. The molecule has 62 heavy (non-hydrogen) atoms. The highest BCUT2D eigenvalue weighted by molar-refractivity contribution is 9.10. The largest absolute Gasteiger partial charge is 0.573 e. The number of halogens is 10. The van der Waals surface area contributed by atoms with Crippen LogP contribution in [0.3, 0.4) is 0 Å². The average Bonchev–Trinajstić information content (AvgIpc) is 3.86. The molecule has 22 heteroatoms. The van der Waals surface area contributed by atoms with Gasteiger partial charge in [-0.05, 0) is 118 Å². The monoisotopic (exact) mass is 1020 g/mol. The van der Waals surface area contributed by atoms with Gasteiger partial charge in [0.25, 0.3) is 0 Å². The number of benzene rings is 4. The van der Waals surface area contributed by atoms with Gasteiger partial charge in [0.15, 0.2) is 0 Å². The number of nitrogens with zero attached hydrogens (tertiary/aromatic N) is 10. The van der Waals surface area contributed by atoms with Gasteiger partial charge in [-0.3, -0.25) is 9.13 Å². The van der Waals surface area contributed by atoms with Gasteiger partial charge >= 0.3 is 12.7 Å². The van der Waals surface area contributed by atoms with Crippen molar-refractivity contribution in [1.29, 1.82) is 0 Å². The van der Waals surface area contributed by atoms with E-state index in [1.54, 1.807) is 19.9 Å². The van der Waals surface area contributed by atoms with Crippen LogP contribution in [0.25, 0.3) is 38.8 Å². The van der Waals surface area contributed by atoms with Crippen LogP contribution in [0.15, 0.2) is 105 Å². The normalized spacial score (nSPS) is 11.0. The summed E-state index contributed by atoms with van der Waals surface area (Å²) >= 11 is 19.5. The van der Waals surface area contributed by atoms with Crippen molar-refractivity contribution in [2.75, 3.05) is 0 Å². The predicted octanol–water partition coefficient (Wildman–Crippen LogP) is 13.5. The number of hydrogen-bond acceptors (Lipinski definition) is 7. The summed E-state index contributed by atoms with van der Waals surface area (Å²) in [7, 11) is 0. The molecule has 4 aromatic carbocycles. The lowest BCUT2D eigenvalue weighted by Crippen LogP contribution is -2.17. The first-order chi connectivity index (χ1) is 29.2. The summed E-state index contributed by atoms with van der Waals surface area (Å²) in [6, 6.07) is 21.6. The predicted molar refractivity (Wildman–Crippen MR) is 228 cm³/mol. The van der Waals surface area contributed by atoms with Crippen molar-refractivity contribution < 1.29 is 35.8 Å². The second-order valence-corrected chi connectivity index (χ2v) is 15.1. The summed E-state index contributed by atoms with van der Waals surface area (Å²) in [4.78, 5) is 11.5. The maximum atomic E-state index is 12.4. The number of azide groups is 1. The molecule has 0 spiro atoms. The summed E-state index contributed by atoms with van der Waals surface area (Å²) in [6.07, 6.45) is -2.87. The molecular formula is C40H28Br2Cl2F6N10O2. The molecule has 3 heterocycles. The first-order valence-corrected chi connectivity index (χ1v) is 19.7. The summed E-state index contributed by atoms with van der Waals surface area (Å²) in [5.74, 6) is 3.14. The van der Waals surface area contributed by atoms with Gasteiger partial charge in [-0.25, -0.2) is 14.6 Å². The van der Waals surface area contributed by atoms with E-state index in [0.717, 1.165) is 26.2 Å². The topological polar surface area (TPSA) is 134 Å². The van der Waals surface area contributed by atoms with Gasteiger partial charge in [0, 0.05) is 25.0 Å². The van der Waals surface area contributed by atoms with E-state index in [1.807, 2.05) is 58.0 Å². The summed E-state index contributed by atoms with van der Waals surface area (Å²) in [6.45, 7) is 7.33. The fraction of sp³-hybridized carbons (Fsp3) is 0.150. The average molecular weight is 1030 g/mol. The minimum atomic E-state index is -4.75. The molecule has 7 rings (SSSR count). The number of alkyl halides is 6. The first-order valence-electron chi connectivity index (χ1n) is 17.4. The molecule has 0 aliphatic heterocycles. The van der Waals surface area contributed by atoms with Crippen LogP contribution in [0.1, 0.15) is 28.6 Å². The molecule has 0 saturated carbocycles. The molecule has 0 aliphatic rings. The van der Waals surface area contributed by atoms with E-state index in [1.165, 1.54) is 54.7 Å². The Bertz CT molecular complexity index is 2790. The zero-order valence-corrected chi connectivity index (χ0v) is 37.0. The zero-order valence-electron chi connectivity index (χ0n) is 32.3. The smallest absolute Gasteiger partial charge is 0.406 e. The van der Waals surface area contributed by atoms with E-state index in [2.05, 4.69) is 77.6 Å². The van der Waals surface area contributed by atoms with Crippen LogP contribution in [-0.2, 0) is 0 Å². The van der Waals surface area contributed by atoms with E-state index in [9.17, 15) is 26.3 Å². The molecule has 0 bridgehead atoms. The summed E-state index contributed by atoms with van der Waals surface area (Å²) in [5, 5.41) is 12.9. The maximum Gasteiger partial charge on any atom is 0.573 e. The van der Waals surface area contributed by atoms with Gasteiger partial charge in [0.05, 0.1) is 46.0 Å². The third kappa shape index (κ3) is 11.9. The fourth-order valence-electron chi connectivity index (χ4n) is 5.70. The van der Waals surface area contributed by atoms with E-state index in [0.29, 0.717) is 55.7 Å². The Morgan fingerprint density at radius 2 is 1.19 bits per heavy atom. The van der Waals surface area contributed by atoms with E-state index in [-0.39, 0.29) is 11.5 Å². The standard InChI is InChI=1S/C20H14BrClF3N5O.C11H9BrClN5.C9H5F3O/c1-11-19(22)29(12(2)27-11)16-8-5-14(21)9-17(16)30-18(10-26-28-30)13-3-6-15(7-4-13)31-20(23,24)25;1-6-11(13)18(7(2)15-6)10-4-3-8(12)5-9(10)16-17-14;1-2-7-3-5-8(6-4-7)13-9(10,11)12/h3-10H,1-2H3;3-5H,1-2H3;1,3-6H. The Morgan fingerprint density at radius 3 is 1.66 bits per heavy atom. The molecule has 0 N–H and O–H groups in total. The van der Waals surface area contributed by atoms with Gasteiger partial charge in [-0.15, -0.1) is 37.9 Å². The third-order valence-corrected chi connectivity index (χ3v) is 10.1. The maximum absolute atomic E-state index is 12.4. The Hall–Kier alpha value is -5.97. The first kappa shape index (κ1) is 47.1. The Labute approximate surface area is 375 Å². The highest BCUT2D eigenvalue weighted by Crippen LogP contribution is 2.34. The fourth-order valence-corrected chi connectivity index (χ4v) is 6.91. The Morgan fingerprint density at radius 1 is 0.710 bits per heavy atom. The van der Waals surface area contributed by atoms with Crippen molar-refractivity contribution in [3.05, 3.63) is 149 Å². The molecule has 12 nitrogen and oxygen atoms in total. The van der Waals surface area contributed by atoms with Crippen LogP contribution in [-0.4, -0.2) is 46.8 Å². The molecule has 320 valence electrons. The van der Waals surface area contributed by atoms with E-state index in [4.69, 9.17) is 35.2 Å². The number of aryl methyl sites for hydroxylation is 4. The van der Waals surface area contributed by atoms with Gasteiger partial charge < -0.3 is 9.47 Å². The lowest BCUT2D eigenvalue weighted by Gasteiger charge is -2.15. The van der Waals surface area contributed by atoms with Gasteiger partial charge in [0.2, 0.25) is 0 Å². The summed E-state index contributed by atoms with van der Waals surface area (Å²) < 4.78 is 86.7. The second-order valence-electron chi connectivity index (χ2n) is 12.5. The lowest BCUT2D eigenvalue weighted by atomic mass is 10.1. The molecule has 0 atom stereocenters. The van der Waals surface area contributed by atoms with Crippen LogP contribution >= 0.6 is 55.1 Å². The van der Waals surface area contributed by atoms with E-state index < -0.39 is 12.7 Å². The van der Waals surface area contributed by atoms with Crippen LogP contribution in [0.2, 0.25) is 10.3 Å². The molecule has 0 radical (unpaired) electrons. The molecule has 0 amide bonds. The third-order valence-electron chi connectivity index (χ3n) is 8.22. The molecule has 0 fully saturated rings. The van der Waals surface area contributed by atoms with Crippen molar-refractivity contribution in [1.82, 2.24) is 34.1 Å². The van der Waals surface area contributed by atoms with Crippen LogP contribution in [0, 0.1) is 40.0 Å². The van der Waals surface area contributed by atoms with Crippen LogP contribution in [0.5, 0.6) is 11.5 Å². The number of aromatic nitrogens is 7. The molecule has 0 unspecified atom stereocenters. The zero-order chi connectivity index (χ0) is 45.5. The van der Waals surface area contributed by atoms with Gasteiger partial charge in [-0.1, -0.05) is 71.3 Å². The van der Waals surface area contributed by atoms with Crippen LogP contribution < -0.4 is 9.47 Å². The molecule has 3 aromatic heterocycles. The molecular weight excluding hydrogens is 997 g/mol. The van der Waals surface area contributed by atoms with Gasteiger partial charge in [0.1, 0.15) is 33.5 Å². The van der Waals surface area contributed by atoms with Crippen molar-refractivity contribution in [3.8, 4) is 52.2 Å². The van der Waals surface area contributed by atoms with Crippen LogP contribution in [0.4, 0.5) is 32.0 Å². The quantitative estimate of drug-likeness (QED) is 0.0513. The SMILES string of the molecule is C#Cc1ccc(OC(F)(F)F)cc1.Cc1nc(C)n(-c2ccc(Br)cc2-n2nncc2-c2ccc(OC(F)(F)F)cc2)c1Cl.Cc1nc(C)n(-c2ccc(Br)cc2N=[N+]=[N-])c1Cl. The minimum Gasteiger partial charge on any atom is -0.406 e. The Kier molecular flexibility index (Phi) is 15.1. The number of terminal acetylenes is 1. The number of hydrogen-bond donors (Lipinski definition) is 0. The van der Waals surface area contributed by atoms with E-state index >= 15 is 0 Å². The van der Waals surface area contributed by atoms with Crippen molar-refractivity contribution in [2.24, 2.45) is 5.11 Å².